The number of carbonyl (C=O) groups is 1. The molecule has 1 aromatic rings. The predicted molar refractivity (Wildman–Crippen MR) is 72.9 cm³/mol. The van der Waals surface area contributed by atoms with Crippen LogP contribution in [-0.4, -0.2) is 43.0 Å². The molecule has 1 amide bonds. The van der Waals surface area contributed by atoms with Crippen molar-refractivity contribution in [3.63, 3.8) is 0 Å². The molecule has 2 fully saturated rings. The summed E-state index contributed by atoms with van der Waals surface area (Å²) < 4.78 is 52.6. The molecule has 0 bridgehead atoms. The SMILES string of the molecule is O=C(NS(=O)(=O)N1CC(F)C1)c1cc(C2CC2)cc(O)c1F. The van der Waals surface area contributed by atoms with Crippen molar-refractivity contribution in [1.82, 2.24) is 9.03 Å². The van der Waals surface area contributed by atoms with Crippen LogP contribution < -0.4 is 4.72 Å². The maximum Gasteiger partial charge on any atom is 0.304 e. The van der Waals surface area contributed by atoms with E-state index in [0.717, 1.165) is 17.1 Å². The van der Waals surface area contributed by atoms with E-state index in [2.05, 4.69) is 0 Å². The summed E-state index contributed by atoms with van der Waals surface area (Å²) in [6.07, 6.45) is 0.484. The normalized spacial score (nSPS) is 19.7. The van der Waals surface area contributed by atoms with E-state index in [9.17, 15) is 27.1 Å². The van der Waals surface area contributed by atoms with Crippen LogP contribution in [0.1, 0.15) is 34.7 Å². The second-order valence-corrected chi connectivity index (χ2v) is 7.20. The van der Waals surface area contributed by atoms with Crippen LogP contribution in [0, 0.1) is 5.82 Å². The number of aromatic hydroxyl groups is 1. The van der Waals surface area contributed by atoms with Gasteiger partial charge >= 0.3 is 10.2 Å². The Bertz CT molecular complexity index is 728. The number of nitrogens with zero attached hydrogens (tertiary/aromatic N) is 1. The molecular weight excluding hydrogens is 318 g/mol. The third-order valence-corrected chi connectivity index (χ3v) is 5.16. The van der Waals surface area contributed by atoms with Gasteiger partial charge in [0.05, 0.1) is 5.56 Å². The predicted octanol–water partition coefficient (Wildman–Crippen LogP) is 1.04. The Kier molecular flexibility index (Phi) is 3.56. The van der Waals surface area contributed by atoms with Gasteiger partial charge in [0.15, 0.2) is 11.6 Å². The summed E-state index contributed by atoms with van der Waals surface area (Å²) >= 11 is 0. The topological polar surface area (TPSA) is 86.7 Å². The van der Waals surface area contributed by atoms with Gasteiger partial charge in [-0.05, 0) is 36.5 Å². The summed E-state index contributed by atoms with van der Waals surface area (Å²) in [7, 11) is -4.21. The monoisotopic (exact) mass is 332 g/mol. The summed E-state index contributed by atoms with van der Waals surface area (Å²) in [5.74, 6) is -2.90. The van der Waals surface area contributed by atoms with Crippen molar-refractivity contribution in [3.8, 4) is 5.75 Å². The van der Waals surface area contributed by atoms with Crippen molar-refractivity contribution in [3.05, 3.63) is 29.1 Å². The molecule has 1 aliphatic carbocycles. The quantitative estimate of drug-likeness (QED) is 0.862. The molecule has 120 valence electrons. The van der Waals surface area contributed by atoms with Crippen molar-refractivity contribution < 1.29 is 27.1 Å². The summed E-state index contributed by atoms with van der Waals surface area (Å²) in [4.78, 5) is 12.0. The van der Waals surface area contributed by atoms with Crippen LogP contribution in [0.15, 0.2) is 12.1 Å². The van der Waals surface area contributed by atoms with E-state index in [1.807, 2.05) is 0 Å². The van der Waals surface area contributed by atoms with Gasteiger partial charge in [0, 0.05) is 13.1 Å². The Morgan fingerprint density at radius 2 is 1.95 bits per heavy atom. The molecule has 1 heterocycles. The standard InChI is InChI=1S/C13H14F2N2O4S/c14-9-5-17(6-9)22(20,21)16-13(19)10-3-8(7-1-2-7)4-11(18)12(10)15/h3-4,7,9,18H,1-2,5-6H2,(H,16,19). The molecule has 0 atom stereocenters. The van der Waals surface area contributed by atoms with E-state index < -0.39 is 39.4 Å². The van der Waals surface area contributed by atoms with Crippen LogP contribution in [0.5, 0.6) is 5.75 Å². The van der Waals surface area contributed by atoms with Crippen molar-refractivity contribution in [2.75, 3.05) is 13.1 Å². The van der Waals surface area contributed by atoms with E-state index in [0.29, 0.717) is 5.56 Å². The lowest BCUT2D eigenvalue weighted by molar-refractivity contribution is 0.0963. The molecule has 0 aromatic heterocycles. The molecule has 1 aliphatic heterocycles. The van der Waals surface area contributed by atoms with Gasteiger partial charge in [-0.25, -0.2) is 13.5 Å². The highest BCUT2D eigenvalue weighted by Crippen LogP contribution is 2.42. The molecule has 1 saturated heterocycles. The number of phenols is 1. The fraction of sp³-hybridized carbons (Fsp3) is 0.462. The van der Waals surface area contributed by atoms with Crippen molar-refractivity contribution in [1.29, 1.82) is 0 Å². The Balaban J connectivity index is 1.83. The van der Waals surface area contributed by atoms with Crippen LogP contribution in [0.3, 0.4) is 0 Å². The van der Waals surface area contributed by atoms with Gasteiger partial charge in [0.1, 0.15) is 6.17 Å². The molecule has 2 N–H and O–H groups in total. The fourth-order valence-electron chi connectivity index (χ4n) is 2.27. The minimum absolute atomic E-state index is 0.150. The number of phenolic OH excluding ortho intramolecular Hbond substituents is 1. The number of benzene rings is 1. The summed E-state index contributed by atoms with van der Waals surface area (Å²) in [5.41, 5.74) is 0.0528. The van der Waals surface area contributed by atoms with Crippen molar-refractivity contribution in [2.45, 2.75) is 24.9 Å². The zero-order valence-corrected chi connectivity index (χ0v) is 12.2. The second-order valence-electron chi connectivity index (χ2n) is 5.53. The van der Waals surface area contributed by atoms with Gasteiger partial charge in [-0.3, -0.25) is 4.79 Å². The van der Waals surface area contributed by atoms with Crippen molar-refractivity contribution >= 4 is 16.1 Å². The minimum atomic E-state index is -4.21. The van der Waals surface area contributed by atoms with Gasteiger partial charge in [-0.2, -0.15) is 12.7 Å². The van der Waals surface area contributed by atoms with E-state index in [-0.39, 0.29) is 19.0 Å². The summed E-state index contributed by atoms with van der Waals surface area (Å²) in [5, 5.41) is 9.54. The molecular formula is C13H14F2N2O4S. The zero-order valence-electron chi connectivity index (χ0n) is 11.4. The first-order chi connectivity index (χ1) is 10.3. The lowest BCUT2D eigenvalue weighted by Gasteiger charge is -2.32. The highest BCUT2D eigenvalue weighted by atomic mass is 32.2. The lowest BCUT2D eigenvalue weighted by atomic mass is 10.1. The summed E-state index contributed by atoms with van der Waals surface area (Å²) in [6.45, 7) is -0.670. The van der Waals surface area contributed by atoms with Gasteiger partial charge in [-0.1, -0.05) is 0 Å². The smallest absolute Gasteiger partial charge is 0.304 e. The number of carbonyl (C=O) groups excluding carboxylic acids is 1. The molecule has 1 saturated carbocycles. The third-order valence-electron chi connectivity index (χ3n) is 3.73. The van der Waals surface area contributed by atoms with Crippen LogP contribution in [-0.2, 0) is 10.2 Å². The Labute approximate surface area is 125 Å². The number of nitrogens with one attached hydrogen (secondary N) is 1. The van der Waals surface area contributed by atoms with E-state index in [4.69, 9.17) is 0 Å². The van der Waals surface area contributed by atoms with E-state index in [1.165, 1.54) is 12.1 Å². The molecule has 0 radical (unpaired) electrons. The van der Waals surface area contributed by atoms with Gasteiger partial charge in [0.2, 0.25) is 0 Å². The fourth-order valence-corrected chi connectivity index (χ4v) is 3.46. The average molecular weight is 332 g/mol. The molecule has 3 rings (SSSR count). The minimum Gasteiger partial charge on any atom is -0.505 e. The Morgan fingerprint density at radius 1 is 1.32 bits per heavy atom. The molecule has 0 spiro atoms. The lowest BCUT2D eigenvalue weighted by Crippen LogP contribution is -2.56. The number of halogens is 2. The second kappa shape index (κ2) is 5.17. The number of hydrogen-bond acceptors (Lipinski definition) is 4. The number of rotatable bonds is 4. The number of alkyl halides is 1. The molecule has 9 heteroatoms. The average Bonchev–Trinajstić information content (AvgIpc) is 3.21. The molecule has 6 nitrogen and oxygen atoms in total. The number of amides is 1. The molecule has 0 unspecified atom stereocenters. The van der Waals surface area contributed by atoms with Crippen LogP contribution >= 0.6 is 0 Å². The highest BCUT2D eigenvalue weighted by Gasteiger charge is 2.37. The third kappa shape index (κ3) is 2.78. The maximum atomic E-state index is 13.9. The number of hydrogen-bond donors (Lipinski definition) is 2. The molecule has 2 aliphatic rings. The molecule has 1 aromatic carbocycles. The van der Waals surface area contributed by atoms with Gasteiger partial charge < -0.3 is 5.11 Å². The first-order valence-corrected chi connectivity index (χ1v) is 8.20. The van der Waals surface area contributed by atoms with E-state index >= 15 is 0 Å². The van der Waals surface area contributed by atoms with Crippen LogP contribution in [0.25, 0.3) is 0 Å². The Hall–Kier alpha value is -1.74. The Morgan fingerprint density at radius 3 is 2.50 bits per heavy atom. The van der Waals surface area contributed by atoms with Crippen molar-refractivity contribution in [2.24, 2.45) is 0 Å². The van der Waals surface area contributed by atoms with Gasteiger partial charge in [0.25, 0.3) is 5.91 Å². The highest BCUT2D eigenvalue weighted by molar-refractivity contribution is 7.87. The van der Waals surface area contributed by atoms with Crippen LogP contribution in [0.2, 0.25) is 0 Å². The van der Waals surface area contributed by atoms with Crippen LogP contribution in [0.4, 0.5) is 8.78 Å². The van der Waals surface area contributed by atoms with E-state index in [1.54, 1.807) is 4.72 Å². The largest absolute Gasteiger partial charge is 0.505 e. The van der Waals surface area contributed by atoms with Gasteiger partial charge in [-0.15, -0.1) is 0 Å². The zero-order chi connectivity index (χ0) is 16.1. The maximum absolute atomic E-state index is 13.9. The first kappa shape index (κ1) is 15.2. The first-order valence-electron chi connectivity index (χ1n) is 6.76. The molecule has 22 heavy (non-hydrogen) atoms. The summed E-state index contributed by atoms with van der Waals surface area (Å²) in [6, 6.07) is 2.48.